The second kappa shape index (κ2) is 7.67. The molecule has 1 aliphatic heterocycles. The molecule has 2 N–H and O–H groups in total. The van der Waals surface area contributed by atoms with Gasteiger partial charge in [-0.15, -0.1) is 0 Å². The highest BCUT2D eigenvalue weighted by atomic mass is 19.4. The van der Waals surface area contributed by atoms with E-state index in [0.29, 0.717) is 31.2 Å². The van der Waals surface area contributed by atoms with Crippen LogP contribution in [-0.2, 0) is 17.4 Å². The molecule has 0 spiro atoms. The van der Waals surface area contributed by atoms with E-state index in [0.717, 1.165) is 18.9 Å². The van der Waals surface area contributed by atoms with Gasteiger partial charge in [0.1, 0.15) is 6.04 Å². The summed E-state index contributed by atoms with van der Waals surface area (Å²) in [6.07, 6.45) is -2.38. The number of carbonyl (C=O) groups is 1. The minimum atomic E-state index is -4.56. The molecule has 1 aromatic heterocycles. The van der Waals surface area contributed by atoms with Crippen molar-refractivity contribution in [3.63, 3.8) is 0 Å². The molecule has 1 aromatic carbocycles. The highest BCUT2D eigenvalue weighted by molar-refractivity contribution is 5.83. The average Bonchev–Trinajstić information content (AvgIpc) is 3.04. The molecule has 0 saturated carbocycles. The summed E-state index contributed by atoms with van der Waals surface area (Å²) in [5.41, 5.74) is 4.86. The summed E-state index contributed by atoms with van der Waals surface area (Å²) in [6.45, 7) is 2.58. The number of hydrogen-bond acceptors (Lipinski definition) is 5. The van der Waals surface area contributed by atoms with E-state index in [4.69, 9.17) is 10.3 Å². The molecule has 6 nitrogen and oxygen atoms in total. The molecular weight excluding hydrogens is 361 g/mol. The second-order valence-corrected chi connectivity index (χ2v) is 6.79. The molecule has 3 rings (SSSR count). The molecule has 2 unspecified atom stereocenters. The highest BCUT2D eigenvalue weighted by Gasteiger charge is 2.37. The Balaban J connectivity index is 1.71. The lowest BCUT2D eigenvalue weighted by Crippen LogP contribution is -2.45. The fourth-order valence-corrected chi connectivity index (χ4v) is 3.47. The Kier molecular flexibility index (Phi) is 5.50. The van der Waals surface area contributed by atoms with E-state index in [-0.39, 0.29) is 11.5 Å². The first-order chi connectivity index (χ1) is 12.8. The third-order valence-electron chi connectivity index (χ3n) is 4.74. The molecule has 2 atom stereocenters. The van der Waals surface area contributed by atoms with E-state index in [9.17, 15) is 18.0 Å². The molecule has 2 heterocycles. The number of likely N-dealkylation sites (tertiary alicyclic amines) is 1. The van der Waals surface area contributed by atoms with Crippen LogP contribution >= 0.6 is 0 Å². The quantitative estimate of drug-likeness (QED) is 0.879. The maximum Gasteiger partial charge on any atom is 0.416 e. The summed E-state index contributed by atoms with van der Waals surface area (Å²) in [6, 6.07) is 3.59. The molecule has 27 heavy (non-hydrogen) atoms. The molecule has 2 aromatic rings. The van der Waals surface area contributed by atoms with Crippen molar-refractivity contribution in [3.05, 3.63) is 47.1 Å². The lowest BCUT2D eigenvalue weighted by Gasteiger charge is -2.34. The van der Waals surface area contributed by atoms with Gasteiger partial charge in [-0.25, -0.2) is 0 Å². The van der Waals surface area contributed by atoms with E-state index in [1.165, 1.54) is 18.2 Å². The van der Waals surface area contributed by atoms with Crippen molar-refractivity contribution >= 4 is 5.91 Å². The van der Waals surface area contributed by atoms with E-state index in [1.54, 1.807) is 11.8 Å². The Bertz CT molecular complexity index is 806. The van der Waals surface area contributed by atoms with Crippen molar-refractivity contribution in [2.75, 3.05) is 13.1 Å². The average molecular weight is 382 g/mol. The van der Waals surface area contributed by atoms with E-state index in [2.05, 4.69) is 10.1 Å². The maximum atomic E-state index is 13.2. The number of nitrogens with two attached hydrogens (primary N) is 1. The zero-order valence-corrected chi connectivity index (χ0v) is 14.9. The molecule has 0 bridgehead atoms. The SMILES string of the molecule is Cc1nc(CC2CCCN(C(=O)C(N)c3ccccc3C(F)(F)F)C2)no1. The molecule has 1 saturated heterocycles. The summed E-state index contributed by atoms with van der Waals surface area (Å²) in [5, 5.41) is 3.86. The Morgan fingerprint density at radius 1 is 1.41 bits per heavy atom. The summed E-state index contributed by atoms with van der Waals surface area (Å²) < 4.78 is 44.6. The largest absolute Gasteiger partial charge is 0.416 e. The molecule has 0 aliphatic carbocycles. The Morgan fingerprint density at radius 3 is 2.81 bits per heavy atom. The molecule has 1 aliphatic rings. The van der Waals surface area contributed by atoms with Crippen molar-refractivity contribution in [1.29, 1.82) is 0 Å². The van der Waals surface area contributed by atoms with Gasteiger partial charge < -0.3 is 15.2 Å². The lowest BCUT2D eigenvalue weighted by atomic mass is 9.93. The van der Waals surface area contributed by atoms with Gasteiger partial charge in [0.15, 0.2) is 5.82 Å². The molecule has 0 radical (unpaired) electrons. The van der Waals surface area contributed by atoms with Gasteiger partial charge >= 0.3 is 6.18 Å². The number of aryl methyl sites for hydroxylation is 1. The van der Waals surface area contributed by atoms with E-state index >= 15 is 0 Å². The first-order valence-corrected chi connectivity index (χ1v) is 8.75. The van der Waals surface area contributed by atoms with Crippen LogP contribution in [0.2, 0.25) is 0 Å². The topological polar surface area (TPSA) is 85.2 Å². The first-order valence-electron chi connectivity index (χ1n) is 8.75. The number of nitrogens with zero attached hydrogens (tertiary/aromatic N) is 3. The van der Waals surface area contributed by atoms with Crippen molar-refractivity contribution in [1.82, 2.24) is 15.0 Å². The van der Waals surface area contributed by atoms with Gasteiger partial charge in [-0.05, 0) is 30.4 Å². The smallest absolute Gasteiger partial charge is 0.341 e. The Labute approximate surface area is 154 Å². The maximum absolute atomic E-state index is 13.2. The number of aromatic nitrogens is 2. The predicted molar refractivity (Wildman–Crippen MR) is 90.4 cm³/mol. The Hall–Kier alpha value is -2.42. The molecule has 146 valence electrons. The minimum absolute atomic E-state index is 0.116. The summed E-state index contributed by atoms with van der Waals surface area (Å²) in [4.78, 5) is 18.5. The number of rotatable bonds is 4. The molecule has 1 amide bonds. The van der Waals surface area contributed by atoms with Gasteiger partial charge in [0.2, 0.25) is 11.8 Å². The lowest BCUT2D eigenvalue weighted by molar-refractivity contribution is -0.139. The fraction of sp³-hybridized carbons (Fsp3) is 0.500. The van der Waals surface area contributed by atoms with Crippen LogP contribution in [0, 0.1) is 12.8 Å². The van der Waals surface area contributed by atoms with Crippen LogP contribution < -0.4 is 5.73 Å². The van der Waals surface area contributed by atoms with Gasteiger partial charge in [0.05, 0.1) is 5.56 Å². The van der Waals surface area contributed by atoms with Crippen LogP contribution in [0.4, 0.5) is 13.2 Å². The first kappa shape index (κ1) is 19.3. The Morgan fingerprint density at radius 2 is 2.15 bits per heavy atom. The number of halogens is 3. The van der Waals surface area contributed by atoms with Crippen LogP contribution in [0.3, 0.4) is 0 Å². The highest BCUT2D eigenvalue weighted by Crippen LogP contribution is 2.34. The predicted octanol–water partition coefficient (Wildman–Crippen LogP) is 2.88. The summed E-state index contributed by atoms with van der Waals surface area (Å²) in [7, 11) is 0. The number of alkyl halides is 3. The van der Waals surface area contributed by atoms with Crippen molar-refractivity contribution in [2.24, 2.45) is 11.7 Å². The van der Waals surface area contributed by atoms with E-state index in [1.807, 2.05) is 0 Å². The van der Waals surface area contributed by atoms with Crippen LogP contribution in [0.15, 0.2) is 28.8 Å². The zero-order chi connectivity index (χ0) is 19.6. The second-order valence-electron chi connectivity index (χ2n) is 6.79. The van der Waals surface area contributed by atoms with Crippen LogP contribution in [-0.4, -0.2) is 34.0 Å². The van der Waals surface area contributed by atoms with Crippen LogP contribution in [0.1, 0.15) is 41.7 Å². The monoisotopic (exact) mass is 382 g/mol. The van der Waals surface area contributed by atoms with Crippen LogP contribution in [0.25, 0.3) is 0 Å². The van der Waals surface area contributed by atoms with Crippen LogP contribution in [0.5, 0.6) is 0 Å². The number of amides is 1. The zero-order valence-electron chi connectivity index (χ0n) is 14.9. The summed E-state index contributed by atoms with van der Waals surface area (Å²) in [5.74, 6) is 0.656. The van der Waals surface area contributed by atoms with E-state index < -0.39 is 23.7 Å². The summed E-state index contributed by atoms with van der Waals surface area (Å²) >= 11 is 0. The van der Waals surface area contributed by atoms with Crippen molar-refractivity contribution in [2.45, 2.75) is 38.4 Å². The van der Waals surface area contributed by atoms with Crippen molar-refractivity contribution in [3.8, 4) is 0 Å². The van der Waals surface area contributed by atoms with Gasteiger partial charge in [-0.1, -0.05) is 23.4 Å². The number of benzene rings is 1. The van der Waals surface area contributed by atoms with Gasteiger partial charge in [-0.2, -0.15) is 18.2 Å². The fourth-order valence-electron chi connectivity index (χ4n) is 3.47. The normalized spacial score (nSPS) is 19.1. The van der Waals surface area contributed by atoms with Gasteiger partial charge in [-0.3, -0.25) is 4.79 Å². The molecular formula is C18H21F3N4O2. The van der Waals surface area contributed by atoms with Gasteiger partial charge in [0, 0.05) is 26.4 Å². The molecule has 1 fully saturated rings. The minimum Gasteiger partial charge on any atom is -0.341 e. The number of carbonyl (C=O) groups excluding carboxylic acids is 1. The standard InChI is InChI=1S/C18H21F3N4O2/c1-11-23-15(24-27-11)9-12-5-4-8-25(10-12)17(26)16(22)13-6-2-3-7-14(13)18(19,20)21/h2-3,6-7,12,16H,4-5,8-10,22H2,1H3. The molecule has 9 heteroatoms. The third-order valence-corrected chi connectivity index (χ3v) is 4.74. The third kappa shape index (κ3) is 4.47. The number of hydrogen-bond donors (Lipinski definition) is 1. The van der Waals surface area contributed by atoms with Crippen molar-refractivity contribution < 1.29 is 22.5 Å². The van der Waals surface area contributed by atoms with Gasteiger partial charge in [0.25, 0.3) is 0 Å². The number of piperidine rings is 1.